The number of carbonyl (C=O) groups is 1. The Balaban J connectivity index is 2.22. The first-order chi connectivity index (χ1) is 7.58. The first-order valence-corrected chi connectivity index (χ1v) is 6.33. The van der Waals surface area contributed by atoms with Crippen molar-refractivity contribution in [3.8, 4) is 0 Å². The van der Waals surface area contributed by atoms with Gasteiger partial charge in [-0.3, -0.25) is 9.48 Å². The van der Waals surface area contributed by atoms with E-state index in [0.29, 0.717) is 12.5 Å². The Morgan fingerprint density at radius 1 is 1.81 bits per heavy atom. The zero-order valence-electron chi connectivity index (χ0n) is 9.11. The molecule has 16 heavy (non-hydrogen) atoms. The Morgan fingerprint density at radius 3 is 2.88 bits per heavy atom. The van der Waals surface area contributed by atoms with Crippen LogP contribution in [0.25, 0.3) is 0 Å². The van der Waals surface area contributed by atoms with E-state index in [9.17, 15) is 4.79 Å². The van der Waals surface area contributed by atoms with E-state index in [0.717, 1.165) is 16.4 Å². The van der Waals surface area contributed by atoms with E-state index in [2.05, 4.69) is 33.0 Å². The third-order valence-electron chi connectivity index (χ3n) is 3.17. The molecule has 0 aromatic carbocycles. The Morgan fingerprint density at radius 2 is 2.50 bits per heavy atom. The number of amides is 1. The summed E-state index contributed by atoms with van der Waals surface area (Å²) in [6, 6.07) is 0. The van der Waals surface area contributed by atoms with Gasteiger partial charge >= 0.3 is 0 Å². The van der Waals surface area contributed by atoms with Crippen LogP contribution >= 0.6 is 22.6 Å². The molecule has 1 heterocycles. The third-order valence-corrected chi connectivity index (χ3v) is 3.73. The molecule has 1 atom stereocenters. The van der Waals surface area contributed by atoms with Crippen LogP contribution in [0, 0.1) is 9.49 Å². The molecule has 5 nitrogen and oxygen atoms in total. The average molecular weight is 334 g/mol. The topological polar surface area (TPSA) is 72.9 Å². The second-order valence-corrected chi connectivity index (χ2v) is 5.46. The average Bonchev–Trinajstić information content (AvgIpc) is 3.00. The number of primary amides is 1. The van der Waals surface area contributed by atoms with Crippen molar-refractivity contribution >= 4 is 28.5 Å². The molecular weight excluding hydrogens is 319 g/mol. The van der Waals surface area contributed by atoms with Crippen LogP contribution in [0.15, 0.2) is 12.4 Å². The summed E-state index contributed by atoms with van der Waals surface area (Å²) in [5.41, 5.74) is 4.89. The Kier molecular flexibility index (Phi) is 3.20. The van der Waals surface area contributed by atoms with Gasteiger partial charge < -0.3 is 11.1 Å². The molecule has 0 bridgehead atoms. The lowest BCUT2D eigenvalue weighted by Gasteiger charge is -2.30. The van der Waals surface area contributed by atoms with Crippen molar-refractivity contribution in [2.45, 2.75) is 24.9 Å². The first kappa shape index (κ1) is 11.8. The summed E-state index contributed by atoms with van der Waals surface area (Å²) in [4.78, 5) is 11.7. The van der Waals surface area contributed by atoms with Gasteiger partial charge in [-0.25, -0.2) is 0 Å². The standard InChI is InChI=1S/C10H15IN4O/c1-13-10(9(12)16,7-2-3-7)6-15-5-8(11)4-14-15/h4-5,7,13H,2-3,6H2,1H3,(H2,12,16). The maximum Gasteiger partial charge on any atom is 0.239 e. The Hall–Kier alpha value is -0.630. The van der Waals surface area contributed by atoms with Gasteiger partial charge in [0.1, 0.15) is 5.54 Å². The molecule has 3 N–H and O–H groups in total. The predicted molar refractivity (Wildman–Crippen MR) is 68.7 cm³/mol. The molecule has 1 amide bonds. The third kappa shape index (κ3) is 2.08. The highest BCUT2D eigenvalue weighted by Crippen LogP contribution is 2.40. The van der Waals surface area contributed by atoms with E-state index in [4.69, 9.17) is 5.73 Å². The Labute approximate surface area is 108 Å². The van der Waals surface area contributed by atoms with Gasteiger partial charge in [-0.05, 0) is 48.4 Å². The Bertz CT molecular complexity index is 401. The summed E-state index contributed by atoms with van der Waals surface area (Å²) >= 11 is 2.19. The van der Waals surface area contributed by atoms with E-state index < -0.39 is 5.54 Å². The van der Waals surface area contributed by atoms with Gasteiger partial charge in [-0.1, -0.05) is 0 Å². The van der Waals surface area contributed by atoms with Crippen molar-refractivity contribution in [2.24, 2.45) is 11.7 Å². The van der Waals surface area contributed by atoms with Gasteiger partial charge in [0.15, 0.2) is 0 Å². The van der Waals surface area contributed by atoms with Crippen LogP contribution in [0.4, 0.5) is 0 Å². The number of nitrogens with zero attached hydrogens (tertiary/aromatic N) is 2. The number of likely N-dealkylation sites (N-methyl/N-ethyl adjacent to an activating group) is 1. The van der Waals surface area contributed by atoms with Crippen LogP contribution in [0.5, 0.6) is 0 Å². The van der Waals surface area contributed by atoms with E-state index in [1.807, 2.05) is 6.20 Å². The fourth-order valence-corrected chi connectivity index (χ4v) is 2.52. The largest absolute Gasteiger partial charge is 0.368 e. The summed E-state index contributed by atoms with van der Waals surface area (Å²) in [7, 11) is 1.79. The van der Waals surface area contributed by atoms with Crippen LogP contribution in [-0.2, 0) is 11.3 Å². The van der Waals surface area contributed by atoms with E-state index in [1.165, 1.54) is 0 Å². The van der Waals surface area contributed by atoms with Crippen LogP contribution < -0.4 is 11.1 Å². The molecule has 1 aliphatic rings. The first-order valence-electron chi connectivity index (χ1n) is 5.25. The molecule has 1 aromatic heterocycles. The lowest BCUT2D eigenvalue weighted by molar-refractivity contribution is -0.125. The van der Waals surface area contributed by atoms with Crippen molar-refractivity contribution in [2.75, 3.05) is 7.05 Å². The highest BCUT2D eigenvalue weighted by molar-refractivity contribution is 14.1. The lowest BCUT2D eigenvalue weighted by atomic mass is 9.92. The minimum Gasteiger partial charge on any atom is -0.368 e. The van der Waals surface area contributed by atoms with E-state index in [1.54, 1.807) is 17.9 Å². The summed E-state index contributed by atoms with van der Waals surface area (Å²) in [5.74, 6) is 0.0554. The molecule has 0 aliphatic heterocycles. The fourth-order valence-electron chi connectivity index (χ4n) is 2.07. The SMILES string of the molecule is CNC(Cn1cc(I)cn1)(C(N)=O)C1CC1. The zero-order valence-corrected chi connectivity index (χ0v) is 11.3. The lowest BCUT2D eigenvalue weighted by Crippen LogP contribution is -2.58. The normalized spacial score (nSPS) is 19.4. The van der Waals surface area contributed by atoms with Crippen molar-refractivity contribution in [3.05, 3.63) is 16.0 Å². The van der Waals surface area contributed by atoms with Crippen LogP contribution in [-0.4, -0.2) is 28.3 Å². The molecule has 6 heteroatoms. The molecule has 0 saturated heterocycles. The smallest absolute Gasteiger partial charge is 0.239 e. The van der Waals surface area contributed by atoms with Crippen molar-refractivity contribution < 1.29 is 4.79 Å². The monoisotopic (exact) mass is 334 g/mol. The van der Waals surface area contributed by atoms with Gasteiger partial charge in [0.05, 0.1) is 16.3 Å². The molecule has 1 aromatic rings. The maximum absolute atomic E-state index is 11.7. The van der Waals surface area contributed by atoms with Gasteiger partial charge in [0, 0.05) is 6.20 Å². The van der Waals surface area contributed by atoms with Crippen LogP contribution in [0.2, 0.25) is 0 Å². The summed E-state index contributed by atoms with van der Waals surface area (Å²) in [6.07, 6.45) is 5.80. The summed E-state index contributed by atoms with van der Waals surface area (Å²) in [5, 5.41) is 7.30. The number of nitrogens with one attached hydrogen (secondary N) is 1. The summed E-state index contributed by atoms with van der Waals surface area (Å²) < 4.78 is 2.84. The molecular formula is C10H15IN4O. The highest BCUT2D eigenvalue weighted by atomic mass is 127. The maximum atomic E-state index is 11.7. The molecule has 1 aliphatic carbocycles. The molecule has 1 saturated carbocycles. The number of carbonyl (C=O) groups excluding carboxylic acids is 1. The van der Waals surface area contributed by atoms with Crippen molar-refractivity contribution in [3.63, 3.8) is 0 Å². The number of hydrogen-bond donors (Lipinski definition) is 2. The van der Waals surface area contributed by atoms with Gasteiger partial charge in [-0.2, -0.15) is 5.10 Å². The fraction of sp³-hybridized carbons (Fsp3) is 0.600. The van der Waals surface area contributed by atoms with E-state index in [-0.39, 0.29) is 5.91 Å². The minimum atomic E-state index is -0.644. The van der Waals surface area contributed by atoms with Crippen molar-refractivity contribution in [1.29, 1.82) is 0 Å². The number of nitrogens with two attached hydrogens (primary N) is 1. The number of aromatic nitrogens is 2. The quantitative estimate of drug-likeness (QED) is 0.763. The number of halogens is 1. The zero-order chi connectivity index (χ0) is 11.8. The predicted octanol–water partition coefficient (Wildman–Crippen LogP) is 0.341. The van der Waals surface area contributed by atoms with Gasteiger partial charge in [0.25, 0.3) is 0 Å². The van der Waals surface area contributed by atoms with Gasteiger partial charge in [-0.15, -0.1) is 0 Å². The molecule has 1 fully saturated rings. The number of hydrogen-bond acceptors (Lipinski definition) is 3. The van der Waals surface area contributed by atoms with Crippen LogP contribution in [0.1, 0.15) is 12.8 Å². The van der Waals surface area contributed by atoms with Crippen LogP contribution in [0.3, 0.4) is 0 Å². The van der Waals surface area contributed by atoms with E-state index >= 15 is 0 Å². The van der Waals surface area contributed by atoms with Gasteiger partial charge in [0.2, 0.25) is 5.91 Å². The molecule has 0 spiro atoms. The molecule has 0 radical (unpaired) electrons. The van der Waals surface area contributed by atoms with Crippen molar-refractivity contribution in [1.82, 2.24) is 15.1 Å². The summed E-state index contributed by atoms with van der Waals surface area (Å²) in [6.45, 7) is 0.506. The second-order valence-electron chi connectivity index (χ2n) is 4.22. The second kappa shape index (κ2) is 4.33. The number of rotatable bonds is 5. The molecule has 88 valence electrons. The molecule has 1 unspecified atom stereocenters. The molecule has 2 rings (SSSR count). The minimum absolute atomic E-state index is 0.289. The highest BCUT2D eigenvalue weighted by Gasteiger charge is 2.49.